The number of ether oxygens (including phenoxy) is 1. The highest BCUT2D eigenvalue weighted by atomic mass is 16.5. The Balaban J connectivity index is 2.02. The maximum absolute atomic E-state index is 12.7. The van der Waals surface area contributed by atoms with Crippen molar-refractivity contribution in [2.45, 2.75) is 32.4 Å². The number of rotatable bonds is 9. The van der Waals surface area contributed by atoms with Gasteiger partial charge < -0.3 is 19.5 Å². The summed E-state index contributed by atoms with van der Waals surface area (Å²) >= 11 is 0. The van der Waals surface area contributed by atoms with E-state index in [1.54, 1.807) is 31.8 Å². The van der Waals surface area contributed by atoms with Crippen LogP contribution in [0.15, 0.2) is 36.8 Å². The number of methoxy groups -OCH3 is 1. The van der Waals surface area contributed by atoms with Gasteiger partial charge in [0.15, 0.2) is 5.65 Å². The monoisotopic (exact) mass is 410 g/mol. The van der Waals surface area contributed by atoms with E-state index in [2.05, 4.69) is 31.7 Å². The van der Waals surface area contributed by atoms with Crippen LogP contribution in [0.1, 0.15) is 36.7 Å². The van der Waals surface area contributed by atoms with Crippen molar-refractivity contribution in [3.8, 4) is 11.4 Å². The number of carbonyl (C=O) groups is 1. The Bertz CT molecular complexity index is 986. The fourth-order valence-corrected chi connectivity index (χ4v) is 3.56. The molecule has 2 atom stereocenters. The van der Waals surface area contributed by atoms with Gasteiger partial charge in [-0.25, -0.2) is 9.97 Å². The maximum Gasteiger partial charge on any atom is 0.253 e. The molecule has 0 fully saturated rings. The van der Waals surface area contributed by atoms with Gasteiger partial charge in [-0.05, 0) is 45.6 Å². The Labute approximate surface area is 177 Å². The van der Waals surface area contributed by atoms with Crippen molar-refractivity contribution in [1.82, 2.24) is 29.7 Å². The normalized spacial score (nSPS) is 13.5. The quantitative estimate of drug-likeness (QED) is 0.584. The summed E-state index contributed by atoms with van der Waals surface area (Å²) in [6.07, 6.45) is 5.94. The van der Waals surface area contributed by atoms with Crippen LogP contribution in [-0.2, 0) is 4.74 Å². The third-order valence-corrected chi connectivity index (χ3v) is 4.98. The zero-order valence-electron chi connectivity index (χ0n) is 18.3. The van der Waals surface area contributed by atoms with Crippen LogP contribution < -0.4 is 5.32 Å². The van der Waals surface area contributed by atoms with E-state index in [9.17, 15) is 4.79 Å². The molecular weight excluding hydrogens is 380 g/mol. The van der Waals surface area contributed by atoms with Crippen LogP contribution in [0, 0.1) is 0 Å². The van der Waals surface area contributed by atoms with Crippen LogP contribution in [0.25, 0.3) is 22.6 Å². The van der Waals surface area contributed by atoms with Crippen molar-refractivity contribution in [1.29, 1.82) is 0 Å². The molecule has 3 aromatic rings. The van der Waals surface area contributed by atoms with Crippen molar-refractivity contribution in [3.63, 3.8) is 0 Å². The fourth-order valence-electron chi connectivity index (χ4n) is 3.56. The molecule has 0 saturated heterocycles. The summed E-state index contributed by atoms with van der Waals surface area (Å²) in [4.78, 5) is 28.5. The molecular formula is C22H30N6O2. The molecule has 3 heterocycles. The van der Waals surface area contributed by atoms with E-state index in [0.717, 1.165) is 30.0 Å². The average molecular weight is 411 g/mol. The van der Waals surface area contributed by atoms with Gasteiger partial charge in [-0.2, -0.15) is 0 Å². The predicted molar refractivity (Wildman–Crippen MR) is 117 cm³/mol. The number of fused-ring (bicyclic) bond motifs is 1. The lowest BCUT2D eigenvalue weighted by atomic mass is 10.2. The van der Waals surface area contributed by atoms with Crippen LogP contribution in [0.3, 0.4) is 0 Å². The standard InChI is InChI=1S/C22H30N6O2/c1-6-18(14-30-5)25-22(29)17-10-19-21(24-12-17)28(15(2)13-27(3)4)20(26-19)16-8-7-9-23-11-16/h7-12,15,18H,6,13-14H2,1-5H3,(H,25,29). The summed E-state index contributed by atoms with van der Waals surface area (Å²) in [6.45, 7) is 5.46. The van der Waals surface area contributed by atoms with Crippen molar-refractivity contribution in [2.75, 3.05) is 34.4 Å². The molecule has 0 aliphatic rings. The van der Waals surface area contributed by atoms with Gasteiger partial charge in [-0.1, -0.05) is 6.92 Å². The number of carbonyl (C=O) groups excluding carboxylic acids is 1. The van der Waals surface area contributed by atoms with E-state index in [1.807, 2.05) is 33.2 Å². The van der Waals surface area contributed by atoms with Gasteiger partial charge in [-0.15, -0.1) is 0 Å². The SMILES string of the molecule is CCC(COC)NC(=O)c1cnc2c(c1)nc(-c1cccnc1)n2C(C)CN(C)C. The second-order valence-electron chi connectivity index (χ2n) is 7.76. The number of amides is 1. The average Bonchev–Trinajstić information content (AvgIpc) is 3.12. The largest absolute Gasteiger partial charge is 0.383 e. The summed E-state index contributed by atoms with van der Waals surface area (Å²) in [6, 6.07) is 5.77. The molecule has 8 heteroatoms. The third-order valence-electron chi connectivity index (χ3n) is 4.98. The number of likely N-dealkylation sites (N-methyl/N-ethyl adjacent to an activating group) is 1. The van der Waals surface area contributed by atoms with Gasteiger partial charge in [0, 0.05) is 43.9 Å². The molecule has 0 aromatic carbocycles. The topological polar surface area (TPSA) is 85.2 Å². The minimum atomic E-state index is -0.174. The number of nitrogens with one attached hydrogen (secondary N) is 1. The Morgan fingerprint density at radius 1 is 1.33 bits per heavy atom. The van der Waals surface area contributed by atoms with Gasteiger partial charge in [0.05, 0.1) is 18.2 Å². The van der Waals surface area contributed by atoms with E-state index in [4.69, 9.17) is 9.72 Å². The highest BCUT2D eigenvalue weighted by Crippen LogP contribution is 2.27. The number of aromatic nitrogens is 4. The summed E-state index contributed by atoms with van der Waals surface area (Å²) in [7, 11) is 5.71. The Morgan fingerprint density at radius 3 is 2.77 bits per heavy atom. The molecule has 0 spiro atoms. The summed E-state index contributed by atoms with van der Waals surface area (Å²) in [5, 5.41) is 3.00. The second-order valence-corrected chi connectivity index (χ2v) is 7.76. The molecule has 0 bridgehead atoms. The molecule has 3 rings (SSSR count). The van der Waals surface area contributed by atoms with Crippen LogP contribution >= 0.6 is 0 Å². The van der Waals surface area contributed by atoms with E-state index in [-0.39, 0.29) is 18.0 Å². The lowest BCUT2D eigenvalue weighted by molar-refractivity contribution is 0.0894. The van der Waals surface area contributed by atoms with E-state index in [0.29, 0.717) is 17.7 Å². The van der Waals surface area contributed by atoms with E-state index >= 15 is 0 Å². The van der Waals surface area contributed by atoms with Gasteiger partial charge in [0.1, 0.15) is 11.3 Å². The first-order chi connectivity index (χ1) is 14.4. The first-order valence-electron chi connectivity index (χ1n) is 10.2. The van der Waals surface area contributed by atoms with Gasteiger partial charge >= 0.3 is 0 Å². The molecule has 0 aliphatic carbocycles. The minimum absolute atomic E-state index is 0.0400. The van der Waals surface area contributed by atoms with E-state index in [1.165, 1.54) is 0 Å². The molecule has 3 aromatic heterocycles. The third kappa shape index (κ3) is 4.83. The molecule has 8 nitrogen and oxygen atoms in total. The van der Waals surface area contributed by atoms with E-state index < -0.39 is 0 Å². The first-order valence-corrected chi connectivity index (χ1v) is 10.2. The van der Waals surface area contributed by atoms with Crippen molar-refractivity contribution >= 4 is 17.1 Å². The smallest absolute Gasteiger partial charge is 0.253 e. The molecule has 0 radical (unpaired) electrons. The molecule has 0 aliphatic heterocycles. The highest BCUT2D eigenvalue weighted by Gasteiger charge is 2.21. The Hall–Kier alpha value is -2.84. The van der Waals surface area contributed by atoms with Crippen molar-refractivity contribution in [2.24, 2.45) is 0 Å². The van der Waals surface area contributed by atoms with Gasteiger partial charge in [0.2, 0.25) is 0 Å². The van der Waals surface area contributed by atoms with Crippen LogP contribution in [0.4, 0.5) is 0 Å². The Kier molecular flexibility index (Phi) is 7.12. The number of imidazole rings is 1. The molecule has 1 amide bonds. The summed E-state index contributed by atoms with van der Waals surface area (Å²) in [5.41, 5.74) is 2.84. The molecule has 30 heavy (non-hydrogen) atoms. The Morgan fingerprint density at radius 2 is 2.13 bits per heavy atom. The molecule has 0 saturated carbocycles. The predicted octanol–water partition coefficient (Wildman–Crippen LogP) is 2.77. The van der Waals surface area contributed by atoms with Gasteiger partial charge in [-0.3, -0.25) is 9.78 Å². The number of nitrogens with zero attached hydrogens (tertiary/aromatic N) is 5. The number of hydrogen-bond donors (Lipinski definition) is 1. The summed E-state index contributed by atoms with van der Waals surface area (Å²) in [5.74, 6) is 0.621. The van der Waals surface area contributed by atoms with Crippen LogP contribution in [0.2, 0.25) is 0 Å². The second kappa shape index (κ2) is 9.77. The van der Waals surface area contributed by atoms with Crippen molar-refractivity contribution in [3.05, 3.63) is 42.4 Å². The maximum atomic E-state index is 12.7. The van der Waals surface area contributed by atoms with Crippen molar-refractivity contribution < 1.29 is 9.53 Å². The molecule has 160 valence electrons. The first kappa shape index (κ1) is 21.9. The minimum Gasteiger partial charge on any atom is -0.383 e. The summed E-state index contributed by atoms with van der Waals surface area (Å²) < 4.78 is 7.29. The van der Waals surface area contributed by atoms with Gasteiger partial charge in [0.25, 0.3) is 5.91 Å². The van der Waals surface area contributed by atoms with Crippen LogP contribution in [0.5, 0.6) is 0 Å². The number of pyridine rings is 2. The fraction of sp³-hybridized carbons (Fsp3) is 0.455. The van der Waals surface area contributed by atoms with Crippen LogP contribution in [-0.4, -0.2) is 70.7 Å². The zero-order valence-corrected chi connectivity index (χ0v) is 18.3. The lowest BCUT2D eigenvalue weighted by Gasteiger charge is -2.21. The number of hydrogen-bond acceptors (Lipinski definition) is 6. The zero-order chi connectivity index (χ0) is 21.7. The molecule has 2 unspecified atom stereocenters. The lowest BCUT2D eigenvalue weighted by Crippen LogP contribution is -2.37. The highest BCUT2D eigenvalue weighted by molar-refractivity contribution is 5.96. The molecule has 1 N–H and O–H groups in total.